The van der Waals surface area contributed by atoms with Crippen LogP contribution in [-0.4, -0.2) is 53.7 Å². The molecule has 1 fully saturated rings. The van der Waals surface area contributed by atoms with Gasteiger partial charge in [0.05, 0.1) is 12.3 Å². The number of rotatable bonds is 5. The van der Waals surface area contributed by atoms with Gasteiger partial charge >= 0.3 is 6.09 Å². The van der Waals surface area contributed by atoms with Crippen molar-refractivity contribution in [2.75, 3.05) is 37.7 Å². The number of ether oxygens (including phenoxy) is 1. The lowest BCUT2D eigenvalue weighted by atomic mass is 10.1. The van der Waals surface area contributed by atoms with Gasteiger partial charge in [0.25, 0.3) is 0 Å². The molecule has 0 saturated carbocycles. The Morgan fingerprint density at radius 2 is 1.88 bits per heavy atom. The normalized spacial score (nSPS) is 14.4. The first-order chi connectivity index (χ1) is 12.3. The standard InChI is InChI=1S/C19H24N4O2/c1-2-3-13-25-19(24)23-11-9-22(10-12-23)18-14-17(20-15-21-18)16-7-5-4-6-8-16/h4-8,14-15H,2-3,9-13H2,1H3. The van der Waals surface area contributed by atoms with Gasteiger partial charge in [0.1, 0.15) is 12.1 Å². The van der Waals surface area contributed by atoms with Gasteiger partial charge in [-0.3, -0.25) is 0 Å². The predicted molar refractivity (Wildman–Crippen MR) is 97.5 cm³/mol. The molecular weight excluding hydrogens is 316 g/mol. The quantitative estimate of drug-likeness (QED) is 0.782. The van der Waals surface area contributed by atoms with Crippen LogP contribution in [0, 0.1) is 0 Å². The van der Waals surface area contributed by atoms with Crippen molar-refractivity contribution in [1.82, 2.24) is 14.9 Å². The summed E-state index contributed by atoms with van der Waals surface area (Å²) in [5, 5.41) is 0. The molecule has 132 valence electrons. The van der Waals surface area contributed by atoms with Crippen molar-refractivity contribution in [1.29, 1.82) is 0 Å². The topological polar surface area (TPSA) is 58.6 Å². The number of aromatic nitrogens is 2. The molecule has 0 aliphatic carbocycles. The Morgan fingerprint density at radius 1 is 1.12 bits per heavy atom. The maximum Gasteiger partial charge on any atom is 0.409 e. The third kappa shape index (κ3) is 4.47. The van der Waals surface area contributed by atoms with Crippen molar-refractivity contribution in [3.63, 3.8) is 0 Å². The molecule has 1 amide bonds. The Hall–Kier alpha value is -2.63. The average Bonchev–Trinajstić information content (AvgIpc) is 2.69. The smallest absolute Gasteiger partial charge is 0.409 e. The number of carbonyl (C=O) groups is 1. The minimum atomic E-state index is -0.208. The number of hydrogen-bond acceptors (Lipinski definition) is 5. The highest BCUT2D eigenvalue weighted by atomic mass is 16.6. The second kappa shape index (κ2) is 8.46. The molecule has 2 aromatic rings. The summed E-state index contributed by atoms with van der Waals surface area (Å²) < 4.78 is 5.28. The van der Waals surface area contributed by atoms with E-state index in [4.69, 9.17) is 4.74 Å². The largest absolute Gasteiger partial charge is 0.449 e. The van der Waals surface area contributed by atoms with Gasteiger partial charge in [0.2, 0.25) is 0 Å². The van der Waals surface area contributed by atoms with Crippen molar-refractivity contribution >= 4 is 11.9 Å². The molecule has 1 saturated heterocycles. The fraction of sp³-hybridized carbons (Fsp3) is 0.421. The van der Waals surface area contributed by atoms with Gasteiger partial charge in [-0.15, -0.1) is 0 Å². The Kier molecular flexibility index (Phi) is 5.82. The van der Waals surface area contributed by atoms with Crippen LogP contribution in [0.3, 0.4) is 0 Å². The second-order valence-corrected chi connectivity index (χ2v) is 6.07. The number of amides is 1. The molecule has 0 unspecified atom stereocenters. The van der Waals surface area contributed by atoms with E-state index in [1.807, 2.05) is 36.4 Å². The van der Waals surface area contributed by atoms with E-state index in [1.54, 1.807) is 11.2 Å². The zero-order valence-corrected chi connectivity index (χ0v) is 14.6. The Labute approximate surface area is 148 Å². The molecule has 1 aliphatic rings. The van der Waals surface area contributed by atoms with Crippen LogP contribution >= 0.6 is 0 Å². The molecule has 6 nitrogen and oxygen atoms in total. The number of benzene rings is 1. The van der Waals surface area contributed by atoms with Gasteiger partial charge in [-0.2, -0.15) is 0 Å². The van der Waals surface area contributed by atoms with E-state index in [1.165, 1.54) is 0 Å². The maximum absolute atomic E-state index is 12.0. The molecule has 6 heteroatoms. The van der Waals surface area contributed by atoms with Gasteiger partial charge in [0, 0.05) is 37.8 Å². The lowest BCUT2D eigenvalue weighted by Crippen LogP contribution is -2.49. The monoisotopic (exact) mass is 340 g/mol. The highest BCUT2D eigenvalue weighted by Gasteiger charge is 2.23. The summed E-state index contributed by atoms with van der Waals surface area (Å²) in [6.07, 6.45) is 3.33. The van der Waals surface area contributed by atoms with Crippen molar-refractivity contribution in [3.05, 3.63) is 42.7 Å². The molecule has 0 N–H and O–H groups in total. The minimum absolute atomic E-state index is 0.208. The average molecular weight is 340 g/mol. The van der Waals surface area contributed by atoms with E-state index in [0.29, 0.717) is 19.7 Å². The van der Waals surface area contributed by atoms with Crippen molar-refractivity contribution in [2.45, 2.75) is 19.8 Å². The Bertz CT molecular complexity index is 685. The Balaban J connectivity index is 1.59. The van der Waals surface area contributed by atoms with Gasteiger partial charge in [-0.05, 0) is 6.42 Å². The van der Waals surface area contributed by atoms with Crippen LogP contribution in [0.25, 0.3) is 11.3 Å². The first-order valence-electron chi connectivity index (χ1n) is 8.82. The third-order valence-corrected chi connectivity index (χ3v) is 4.31. The molecule has 0 spiro atoms. The third-order valence-electron chi connectivity index (χ3n) is 4.31. The van der Waals surface area contributed by atoms with Crippen molar-refractivity contribution in [3.8, 4) is 11.3 Å². The first-order valence-corrected chi connectivity index (χ1v) is 8.82. The van der Waals surface area contributed by atoms with Gasteiger partial charge in [-0.1, -0.05) is 43.7 Å². The Morgan fingerprint density at radius 3 is 2.60 bits per heavy atom. The molecule has 1 aliphatic heterocycles. The summed E-state index contributed by atoms with van der Waals surface area (Å²) in [5.41, 5.74) is 1.98. The molecule has 25 heavy (non-hydrogen) atoms. The lowest BCUT2D eigenvalue weighted by molar-refractivity contribution is 0.0989. The zero-order chi connectivity index (χ0) is 17.5. The van der Waals surface area contributed by atoms with E-state index in [9.17, 15) is 4.79 Å². The number of nitrogens with zero attached hydrogens (tertiary/aromatic N) is 4. The summed E-state index contributed by atoms with van der Waals surface area (Å²) in [6.45, 7) is 5.37. The summed E-state index contributed by atoms with van der Waals surface area (Å²) in [5.74, 6) is 0.896. The van der Waals surface area contributed by atoms with Crippen molar-refractivity contribution < 1.29 is 9.53 Å². The van der Waals surface area contributed by atoms with Crippen LogP contribution in [0.15, 0.2) is 42.7 Å². The second-order valence-electron chi connectivity index (χ2n) is 6.07. The number of carbonyl (C=O) groups excluding carboxylic acids is 1. The highest BCUT2D eigenvalue weighted by molar-refractivity contribution is 5.68. The molecule has 2 heterocycles. The number of unbranched alkanes of at least 4 members (excludes halogenated alkanes) is 1. The van der Waals surface area contributed by atoms with E-state index in [-0.39, 0.29) is 6.09 Å². The van der Waals surface area contributed by atoms with E-state index in [2.05, 4.69) is 21.8 Å². The van der Waals surface area contributed by atoms with E-state index in [0.717, 1.165) is 43.0 Å². The van der Waals surface area contributed by atoms with E-state index >= 15 is 0 Å². The van der Waals surface area contributed by atoms with Gasteiger partial charge in [0.15, 0.2) is 0 Å². The van der Waals surface area contributed by atoms with Crippen LogP contribution in [-0.2, 0) is 4.74 Å². The fourth-order valence-corrected chi connectivity index (χ4v) is 2.80. The fourth-order valence-electron chi connectivity index (χ4n) is 2.80. The van der Waals surface area contributed by atoms with Gasteiger partial charge in [-0.25, -0.2) is 14.8 Å². The molecule has 3 rings (SSSR count). The van der Waals surface area contributed by atoms with Crippen molar-refractivity contribution in [2.24, 2.45) is 0 Å². The van der Waals surface area contributed by atoms with Crippen LogP contribution in [0.2, 0.25) is 0 Å². The first kappa shape index (κ1) is 17.2. The number of piperazine rings is 1. The predicted octanol–water partition coefficient (Wildman–Crippen LogP) is 3.20. The molecule has 0 radical (unpaired) electrons. The summed E-state index contributed by atoms with van der Waals surface area (Å²) in [7, 11) is 0. The van der Waals surface area contributed by atoms with E-state index < -0.39 is 0 Å². The van der Waals surface area contributed by atoms with Crippen LogP contribution < -0.4 is 4.90 Å². The summed E-state index contributed by atoms with van der Waals surface area (Å²) in [4.78, 5) is 24.7. The molecule has 0 atom stereocenters. The number of hydrogen-bond donors (Lipinski definition) is 0. The van der Waals surface area contributed by atoms with Crippen LogP contribution in [0.4, 0.5) is 10.6 Å². The molecule has 1 aromatic heterocycles. The molecule has 1 aromatic carbocycles. The van der Waals surface area contributed by atoms with Crippen LogP contribution in [0.1, 0.15) is 19.8 Å². The maximum atomic E-state index is 12.0. The highest BCUT2D eigenvalue weighted by Crippen LogP contribution is 2.21. The lowest BCUT2D eigenvalue weighted by Gasteiger charge is -2.34. The molecule has 0 bridgehead atoms. The van der Waals surface area contributed by atoms with Gasteiger partial charge < -0.3 is 14.5 Å². The SMILES string of the molecule is CCCCOC(=O)N1CCN(c2cc(-c3ccccc3)ncn2)CC1. The molecular formula is C19H24N4O2. The summed E-state index contributed by atoms with van der Waals surface area (Å²) >= 11 is 0. The summed E-state index contributed by atoms with van der Waals surface area (Å²) in [6, 6.07) is 12.1. The zero-order valence-electron chi connectivity index (χ0n) is 14.6. The van der Waals surface area contributed by atoms with Crippen LogP contribution in [0.5, 0.6) is 0 Å². The minimum Gasteiger partial charge on any atom is -0.449 e. The number of anilines is 1.